The van der Waals surface area contributed by atoms with Crippen LogP contribution in [0.15, 0.2) is 48.7 Å². The van der Waals surface area contributed by atoms with Gasteiger partial charge in [-0.2, -0.15) is 13.2 Å². The zero-order valence-corrected chi connectivity index (χ0v) is 15.0. The predicted molar refractivity (Wildman–Crippen MR) is 97.3 cm³/mol. The van der Waals surface area contributed by atoms with Crippen LogP contribution in [0.25, 0.3) is 10.9 Å². The van der Waals surface area contributed by atoms with Gasteiger partial charge in [-0.25, -0.2) is 0 Å². The second kappa shape index (κ2) is 5.40. The first-order chi connectivity index (χ1) is 11.3. The van der Waals surface area contributed by atoms with Crippen molar-refractivity contribution in [1.29, 1.82) is 0 Å². The summed E-state index contributed by atoms with van der Waals surface area (Å²) in [6, 6.07) is 12.3. The van der Waals surface area contributed by atoms with Gasteiger partial charge in [0.1, 0.15) is 4.05 Å². The van der Waals surface area contributed by atoms with Gasteiger partial charge in [-0.1, -0.05) is 28.7 Å². The molecule has 2 aromatic carbocycles. The normalized spacial score (nSPS) is 17.5. The highest BCUT2D eigenvalue weighted by Crippen LogP contribution is 2.44. The summed E-state index contributed by atoms with van der Waals surface area (Å²) in [7, 11) is 1.99. The molecule has 0 bridgehead atoms. The van der Waals surface area contributed by atoms with E-state index in [-0.39, 0.29) is 4.05 Å². The van der Waals surface area contributed by atoms with Crippen molar-refractivity contribution in [2.45, 2.75) is 16.8 Å². The van der Waals surface area contributed by atoms with Gasteiger partial charge < -0.3 is 9.47 Å². The van der Waals surface area contributed by atoms with Crippen LogP contribution in [0.1, 0.15) is 20.7 Å². The summed E-state index contributed by atoms with van der Waals surface area (Å²) in [6.07, 6.45) is -2.30. The Morgan fingerprint density at radius 3 is 2.62 bits per heavy atom. The van der Waals surface area contributed by atoms with Crippen molar-refractivity contribution >= 4 is 39.2 Å². The maximum atomic E-state index is 13.0. The van der Waals surface area contributed by atoms with E-state index in [4.69, 9.17) is 0 Å². The van der Waals surface area contributed by atoms with Crippen LogP contribution in [0.2, 0.25) is 0 Å². The number of rotatable bonds is 1. The predicted octanol–water partition coefficient (Wildman–Crippen LogP) is 5.65. The average molecular weight is 442 g/mol. The summed E-state index contributed by atoms with van der Waals surface area (Å²) in [5, 5.41) is 1.13. The maximum absolute atomic E-state index is 13.0. The third-order valence-corrected chi connectivity index (χ3v) is 5.89. The molecule has 6 heteroatoms. The van der Waals surface area contributed by atoms with E-state index >= 15 is 0 Å². The molecule has 1 aromatic heterocycles. The number of benzene rings is 2. The lowest BCUT2D eigenvalue weighted by atomic mass is 10.1. The Bertz CT molecular complexity index is 930. The highest BCUT2D eigenvalue weighted by Gasteiger charge is 2.35. The van der Waals surface area contributed by atoms with Crippen molar-refractivity contribution in [1.82, 2.24) is 4.57 Å². The molecule has 1 aliphatic heterocycles. The van der Waals surface area contributed by atoms with Crippen LogP contribution in [0.5, 0.6) is 0 Å². The molecular formula is C18H14F3IN2. The SMILES string of the molecule is Cn1ccc2cc(N3Cc4ccc(C(F)(F)F)cc4C3I)ccc21. The molecule has 1 unspecified atom stereocenters. The highest BCUT2D eigenvalue weighted by molar-refractivity contribution is 14.1. The van der Waals surface area contributed by atoms with E-state index in [1.165, 1.54) is 12.1 Å². The average Bonchev–Trinajstić information content (AvgIpc) is 3.07. The van der Waals surface area contributed by atoms with Crippen LogP contribution < -0.4 is 4.90 Å². The van der Waals surface area contributed by atoms with E-state index in [0.717, 1.165) is 27.7 Å². The summed E-state index contributed by atoms with van der Waals surface area (Å²) >= 11 is 2.22. The van der Waals surface area contributed by atoms with Crippen LogP contribution in [0.3, 0.4) is 0 Å². The van der Waals surface area contributed by atoms with Gasteiger partial charge in [0.25, 0.3) is 0 Å². The van der Waals surface area contributed by atoms with E-state index in [9.17, 15) is 13.2 Å². The molecular weight excluding hydrogens is 428 g/mol. The Balaban J connectivity index is 1.72. The minimum atomic E-state index is -4.30. The molecule has 0 fully saturated rings. The molecule has 0 saturated carbocycles. The van der Waals surface area contributed by atoms with Gasteiger partial charge in [0.2, 0.25) is 0 Å². The number of halogens is 4. The third kappa shape index (κ3) is 2.47. The van der Waals surface area contributed by atoms with Gasteiger partial charge in [-0.15, -0.1) is 0 Å². The molecule has 1 atom stereocenters. The first-order valence-corrected chi connectivity index (χ1v) is 8.75. The molecule has 0 spiro atoms. The Labute approximate surface area is 151 Å². The molecule has 0 saturated heterocycles. The quantitative estimate of drug-likeness (QED) is 0.269. The molecule has 124 valence electrons. The van der Waals surface area contributed by atoms with Crippen molar-refractivity contribution in [3.8, 4) is 0 Å². The van der Waals surface area contributed by atoms with Crippen molar-refractivity contribution in [3.05, 3.63) is 65.4 Å². The Kier molecular flexibility index (Phi) is 3.56. The van der Waals surface area contributed by atoms with E-state index in [1.54, 1.807) is 6.07 Å². The van der Waals surface area contributed by atoms with Gasteiger partial charge in [-0.05, 0) is 47.5 Å². The number of alkyl halides is 4. The molecule has 0 N–H and O–H groups in total. The molecule has 2 nitrogen and oxygen atoms in total. The smallest absolute Gasteiger partial charge is 0.351 e. The third-order valence-electron chi connectivity index (χ3n) is 4.54. The van der Waals surface area contributed by atoms with Crippen molar-refractivity contribution in [2.24, 2.45) is 7.05 Å². The number of aromatic nitrogens is 1. The standard InChI is InChI=1S/C18H14F3IN2/c1-23-7-6-11-8-14(4-5-16(11)23)24-10-12-2-3-13(18(19,20)21)9-15(12)17(24)22/h2-9,17H,10H2,1H3. The van der Waals surface area contributed by atoms with Crippen LogP contribution >= 0.6 is 22.6 Å². The van der Waals surface area contributed by atoms with Gasteiger partial charge in [0, 0.05) is 36.4 Å². The number of anilines is 1. The van der Waals surface area contributed by atoms with Crippen molar-refractivity contribution < 1.29 is 13.2 Å². The second-order valence-electron chi connectivity index (χ2n) is 6.04. The number of aryl methyl sites for hydroxylation is 1. The Hall–Kier alpha value is -1.70. The van der Waals surface area contributed by atoms with E-state index < -0.39 is 11.7 Å². The van der Waals surface area contributed by atoms with E-state index in [1.807, 2.05) is 25.4 Å². The monoisotopic (exact) mass is 442 g/mol. The molecule has 24 heavy (non-hydrogen) atoms. The lowest BCUT2D eigenvalue weighted by Gasteiger charge is -2.23. The largest absolute Gasteiger partial charge is 0.416 e. The zero-order valence-electron chi connectivity index (χ0n) is 12.8. The number of nitrogens with zero attached hydrogens (tertiary/aromatic N) is 2. The fraction of sp³-hybridized carbons (Fsp3) is 0.222. The molecule has 4 rings (SSSR count). The van der Waals surface area contributed by atoms with Gasteiger partial charge in [0.05, 0.1) is 5.56 Å². The van der Waals surface area contributed by atoms with Crippen molar-refractivity contribution in [3.63, 3.8) is 0 Å². The van der Waals surface area contributed by atoms with Crippen LogP contribution in [-0.2, 0) is 19.8 Å². The van der Waals surface area contributed by atoms with Crippen LogP contribution in [0, 0.1) is 0 Å². The molecule has 0 amide bonds. The molecule has 2 heterocycles. The van der Waals surface area contributed by atoms with Gasteiger partial charge >= 0.3 is 6.18 Å². The Morgan fingerprint density at radius 2 is 1.88 bits per heavy atom. The Morgan fingerprint density at radius 1 is 1.08 bits per heavy atom. The van der Waals surface area contributed by atoms with E-state index in [0.29, 0.717) is 6.54 Å². The summed E-state index contributed by atoms with van der Waals surface area (Å²) in [5.74, 6) is 0. The first-order valence-electron chi connectivity index (χ1n) is 7.50. The van der Waals surface area contributed by atoms with Gasteiger partial charge in [0.15, 0.2) is 0 Å². The van der Waals surface area contributed by atoms with Gasteiger partial charge in [-0.3, -0.25) is 0 Å². The molecule has 0 radical (unpaired) electrons. The molecule has 0 aliphatic carbocycles. The zero-order chi connectivity index (χ0) is 17.1. The lowest BCUT2D eigenvalue weighted by molar-refractivity contribution is -0.137. The maximum Gasteiger partial charge on any atom is 0.416 e. The fourth-order valence-corrected chi connectivity index (χ4v) is 4.34. The van der Waals surface area contributed by atoms with Crippen molar-refractivity contribution in [2.75, 3.05) is 4.90 Å². The second-order valence-corrected chi connectivity index (χ2v) is 7.22. The van der Waals surface area contributed by atoms with Crippen LogP contribution in [-0.4, -0.2) is 4.57 Å². The highest BCUT2D eigenvalue weighted by atomic mass is 127. The summed E-state index contributed by atoms with van der Waals surface area (Å²) in [6.45, 7) is 0.624. The fourth-order valence-electron chi connectivity index (χ4n) is 3.24. The van der Waals surface area contributed by atoms with E-state index in [2.05, 4.69) is 44.2 Å². The lowest BCUT2D eigenvalue weighted by Crippen LogP contribution is -2.16. The number of hydrogen-bond acceptors (Lipinski definition) is 1. The minimum absolute atomic E-state index is 0.110. The van der Waals surface area contributed by atoms with Crippen LogP contribution in [0.4, 0.5) is 18.9 Å². The number of fused-ring (bicyclic) bond motifs is 2. The summed E-state index contributed by atoms with van der Waals surface area (Å²) in [5.41, 5.74) is 3.29. The molecule has 1 aliphatic rings. The minimum Gasteiger partial charge on any atom is -0.351 e. The summed E-state index contributed by atoms with van der Waals surface area (Å²) < 4.78 is 40.8. The summed E-state index contributed by atoms with van der Waals surface area (Å²) in [4.78, 5) is 2.14. The molecule has 3 aromatic rings. The topological polar surface area (TPSA) is 8.17 Å². The number of hydrogen-bond donors (Lipinski definition) is 0. The first kappa shape index (κ1) is 15.8.